The summed E-state index contributed by atoms with van der Waals surface area (Å²) < 4.78 is 1.10. The van der Waals surface area contributed by atoms with E-state index in [1.807, 2.05) is 6.92 Å². The molecule has 2 heteroatoms. The van der Waals surface area contributed by atoms with Gasteiger partial charge < -0.3 is 5.73 Å². The lowest BCUT2D eigenvalue weighted by atomic mass is 9.88. The summed E-state index contributed by atoms with van der Waals surface area (Å²) in [5.74, 6) is 0. The minimum Gasteiger partial charge on any atom is -0.321 e. The lowest BCUT2D eigenvalue weighted by molar-refractivity contribution is 0.461. The molecular formula is C14H18BrN. The van der Waals surface area contributed by atoms with Gasteiger partial charge >= 0.3 is 0 Å². The van der Waals surface area contributed by atoms with Crippen molar-refractivity contribution < 1.29 is 0 Å². The smallest absolute Gasteiger partial charge is 0.0410 e. The van der Waals surface area contributed by atoms with Crippen LogP contribution in [0.4, 0.5) is 0 Å². The average molecular weight is 280 g/mol. The molecule has 1 nitrogen and oxygen atoms in total. The van der Waals surface area contributed by atoms with Crippen molar-refractivity contribution in [2.24, 2.45) is 5.73 Å². The third kappa shape index (κ3) is 2.23. The maximum atomic E-state index is 6.47. The molecule has 0 heterocycles. The topological polar surface area (TPSA) is 26.0 Å². The Labute approximate surface area is 106 Å². The van der Waals surface area contributed by atoms with Crippen LogP contribution in [0.5, 0.6) is 0 Å². The average Bonchev–Trinajstić information content (AvgIpc) is 2.65. The third-order valence-corrected chi connectivity index (χ3v) is 3.92. The van der Waals surface area contributed by atoms with Gasteiger partial charge in [0, 0.05) is 10.0 Å². The highest BCUT2D eigenvalue weighted by Crippen LogP contribution is 2.38. The van der Waals surface area contributed by atoms with Crippen molar-refractivity contribution >= 4 is 21.5 Å². The fourth-order valence-corrected chi connectivity index (χ4v) is 2.91. The number of nitrogens with two attached hydrogens (primary N) is 1. The number of benzene rings is 1. The van der Waals surface area contributed by atoms with Crippen molar-refractivity contribution in [1.82, 2.24) is 0 Å². The summed E-state index contributed by atoms with van der Waals surface area (Å²) in [5.41, 5.74) is 9.87. The molecule has 2 N–H and O–H groups in total. The van der Waals surface area contributed by atoms with E-state index in [-0.39, 0.29) is 5.54 Å². The van der Waals surface area contributed by atoms with Crippen molar-refractivity contribution in [3.8, 4) is 0 Å². The Kier molecular flexibility index (Phi) is 3.22. The fourth-order valence-electron chi connectivity index (χ4n) is 2.42. The number of rotatable bonds is 2. The van der Waals surface area contributed by atoms with Gasteiger partial charge in [0.05, 0.1) is 0 Å². The van der Waals surface area contributed by atoms with E-state index in [1.165, 1.54) is 24.0 Å². The highest BCUT2D eigenvalue weighted by atomic mass is 79.9. The molecule has 0 spiro atoms. The Balaban J connectivity index is 2.44. The molecule has 0 saturated heterocycles. The highest BCUT2D eigenvalue weighted by Gasteiger charge is 2.31. The molecule has 1 aromatic carbocycles. The SMILES string of the molecule is C=C(C)c1cc(Br)cc(C2(N)CCCC2)c1. The van der Waals surface area contributed by atoms with Crippen LogP contribution in [-0.2, 0) is 5.54 Å². The molecule has 0 atom stereocenters. The lowest BCUT2D eigenvalue weighted by Gasteiger charge is -2.25. The van der Waals surface area contributed by atoms with Gasteiger partial charge in [-0.3, -0.25) is 0 Å². The molecule has 0 aliphatic heterocycles. The zero-order valence-corrected chi connectivity index (χ0v) is 11.3. The summed E-state index contributed by atoms with van der Waals surface area (Å²) >= 11 is 3.56. The molecule has 1 aliphatic rings. The lowest BCUT2D eigenvalue weighted by Crippen LogP contribution is -2.33. The first-order valence-corrected chi connectivity index (χ1v) is 6.56. The third-order valence-electron chi connectivity index (χ3n) is 3.46. The van der Waals surface area contributed by atoms with E-state index in [9.17, 15) is 0 Å². The fraction of sp³-hybridized carbons (Fsp3) is 0.429. The van der Waals surface area contributed by atoms with Gasteiger partial charge in [0.25, 0.3) is 0 Å². The van der Waals surface area contributed by atoms with Crippen LogP contribution in [0.15, 0.2) is 29.3 Å². The van der Waals surface area contributed by atoms with E-state index in [2.05, 4.69) is 40.7 Å². The van der Waals surface area contributed by atoms with Gasteiger partial charge in [-0.15, -0.1) is 0 Å². The van der Waals surface area contributed by atoms with Crippen LogP contribution >= 0.6 is 15.9 Å². The molecule has 1 fully saturated rings. The molecule has 0 radical (unpaired) electrons. The van der Waals surface area contributed by atoms with Crippen LogP contribution in [0, 0.1) is 0 Å². The first kappa shape index (κ1) is 11.9. The van der Waals surface area contributed by atoms with E-state index in [4.69, 9.17) is 5.73 Å². The molecule has 1 aliphatic carbocycles. The van der Waals surface area contributed by atoms with E-state index in [1.54, 1.807) is 0 Å². The molecule has 0 aromatic heterocycles. The molecule has 86 valence electrons. The molecule has 16 heavy (non-hydrogen) atoms. The monoisotopic (exact) mass is 279 g/mol. The van der Waals surface area contributed by atoms with Gasteiger partial charge in [-0.25, -0.2) is 0 Å². The summed E-state index contributed by atoms with van der Waals surface area (Å²) in [6.07, 6.45) is 4.68. The predicted octanol–water partition coefficient (Wildman–Crippen LogP) is 4.21. The quantitative estimate of drug-likeness (QED) is 0.862. The zero-order valence-electron chi connectivity index (χ0n) is 9.72. The summed E-state index contributed by atoms with van der Waals surface area (Å²) in [6.45, 7) is 6.03. The second-order valence-corrected chi connectivity index (χ2v) is 5.79. The van der Waals surface area contributed by atoms with Crippen molar-refractivity contribution in [3.05, 3.63) is 40.4 Å². The highest BCUT2D eigenvalue weighted by molar-refractivity contribution is 9.10. The number of hydrogen-bond donors (Lipinski definition) is 1. The molecule has 0 bridgehead atoms. The normalized spacial score (nSPS) is 18.7. The Morgan fingerprint density at radius 1 is 1.31 bits per heavy atom. The van der Waals surface area contributed by atoms with Gasteiger partial charge in [-0.2, -0.15) is 0 Å². The van der Waals surface area contributed by atoms with Crippen molar-refractivity contribution in [1.29, 1.82) is 0 Å². The molecule has 0 amide bonds. The predicted molar refractivity (Wildman–Crippen MR) is 73.2 cm³/mol. The Morgan fingerprint density at radius 2 is 1.94 bits per heavy atom. The van der Waals surface area contributed by atoms with Gasteiger partial charge in [0.1, 0.15) is 0 Å². The van der Waals surface area contributed by atoms with E-state index in [0.717, 1.165) is 22.9 Å². The van der Waals surface area contributed by atoms with Crippen LogP contribution in [0.2, 0.25) is 0 Å². The number of hydrogen-bond acceptors (Lipinski definition) is 1. The Bertz CT molecular complexity index is 417. The van der Waals surface area contributed by atoms with Gasteiger partial charge in [-0.1, -0.05) is 40.9 Å². The first-order chi connectivity index (χ1) is 7.51. The van der Waals surface area contributed by atoms with E-state index < -0.39 is 0 Å². The molecule has 1 saturated carbocycles. The minimum absolute atomic E-state index is 0.117. The molecule has 1 aromatic rings. The zero-order chi connectivity index (χ0) is 11.8. The summed E-state index contributed by atoms with van der Waals surface area (Å²) in [6, 6.07) is 6.44. The maximum Gasteiger partial charge on any atom is 0.0410 e. The molecule has 0 unspecified atom stereocenters. The summed E-state index contributed by atoms with van der Waals surface area (Å²) in [7, 11) is 0. The standard InChI is InChI=1S/C14H18BrN/c1-10(2)11-7-12(9-13(15)8-11)14(16)5-3-4-6-14/h7-9H,1,3-6,16H2,2H3. The summed E-state index contributed by atoms with van der Waals surface area (Å²) in [4.78, 5) is 0. The van der Waals surface area contributed by atoms with Crippen molar-refractivity contribution in [3.63, 3.8) is 0 Å². The second kappa shape index (κ2) is 4.34. The van der Waals surface area contributed by atoms with Crippen LogP contribution in [0.3, 0.4) is 0 Å². The van der Waals surface area contributed by atoms with Crippen molar-refractivity contribution in [2.75, 3.05) is 0 Å². The van der Waals surface area contributed by atoms with Gasteiger partial charge in [0.2, 0.25) is 0 Å². The molecular weight excluding hydrogens is 262 g/mol. The first-order valence-electron chi connectivity index (χ1n) is 5.77. The number of allylic oxidation sites excluding steroid dienone is 1. The molecule has 2 rings (SSSR count). The summed E-state index contributed by atoms with van der Waals surface area (Å²) in [5, 5.41) is 0. The number of halogens is 1. The van der Waals surface area contributed by atoms with Gasteiger partial charge in [0.15, 0.2) is 0 Å². The second-order valence-electron chi connectivity index (χ2n) is 4.87. The van der Waals surface area contributed by atoms with Crippen LogP contribution in [0.25, 0.3) is 5.57 Å². The van der Waals surface area contributed by atoms with Gasteiger partial charge in [-0.05, 0) is 49.1 Å². The van der Waals surface area contributed by atoms with Crippen LogP contribution < -0.4 is 5.73 Å². The Hall–Kier alpha value is -0.600. The van der Waals surface area contributed by atoms with Crippen molar-refractivity contribution in [2.45, 2.75) is 38.1 Å². The Morgan fingerprint density at radius 3 is 2.50 bits per heavy atom. The van der Waals surface area contributed by atoms with Crippen LogP contribution in [-0.4, -0.2) is 0 Å². The van der Waals surface area contributed by atoms with E-state index >= 15 is 0 Å². The maximum absolute atomic E-state index is 6.47. The van der Waals surface area contributed by atoms with Crippen LogP contribution in [0.1, 0.15) is 43.7 Å². The largest absolute Gasteiger partial charge is 0.321 e. The van der Waals surface area contributed by atoms with E-state index in [0.29, 0.717) is 0 Å². The minimum atomic E-state index is -0.117.